The lowest BCUT2D eigenvalue weighted by molar-refractivity contribution is -0.124. The maximum atomic E-state index is 12.4. The molecule has 0 unspecified atom stereocenters. The molecule has 7 heteroatoms. The number of hydrogen-bond donors (Lipinski definition) is 1. The largest absolute Gasteiger partial charge is 0.494 e. The van der Waals surface area contributed by atoms with Gasteiger partial charge in [-0.1, -0.05) is 12.1 Å². The number of ether oxygens (including phenoxy) is 2. The average molecular weight is 354 g/mol. The minimum Gasteiger partial charge on any atom is -0.494 e. The number of carbonyl (C=O) groups excluding carboxylic acids is 3. The lowest BCUT2D eigenvalue weighted by Crippen LogP contribution is -2.44. The molecule has 1 heterocycles. The molecule has 0 saturated heterocycles. The third-order valence-corrected chi connectivity index (χ3v) is 3.80. The number of rotatable bonds is 5. The fourth-order valence-electron chi connectivity index (χ4n) is 2.60. The summed E-state index contributed by atoms with van der Waals surface area (Å²) in [5.74, 6) is -0.728. The van der Waals surface area contributed by atoms with Crippen molar-refractivity contribution in [2.75, 3.05) is 30.0 Å². The number of carbonyl (C=O) groups is 3. The summed E-state index contributed by atoms with van der Waals surface area (Å²) >= 11 is 0. The van der Waals surface area contributed by atoms with Gasteiger partial charge in [-0.3, -0.25) is 14.5 Å². The van der Waals surface area contributed by atoms with Crippen molar-refractivity contribution in [1.82, 2.24) is 0 Å². The van der Waals surface area contributed by atoms with Crippen LogP contribution in [0, 0.1) is 0 Å². The number of fused-ring (bicyclic) bond motifs is 1. The van der Waals surface area contributed by atoms with Crippen molar-refractivity contribution in [3.8, 4) is 5.75 Å². The Labute approximate surface area is 150 Å². The van der Waals surface area contributed by atoms with Gasteiger partial charge in [0.15, 0.2) is 6.61 Å². The predicted octanol–water partition coefficient (Wildman–Crippen LogP) is 2.23. The van der Waals surface area contributed by atoms with Gasteiger partial charge in [0, 0.05) is 0 Å². The fourth-order valence-corrected chi connectivity index (χ4v) is 2.60. The maximum absolute atomic E-state index is 12.4. The second kappa shape index (κ2) is 7.69. The van der Waals surface area contributed by atoms with Gasteiger partial charge in [-0.2, -0.15) is 0 Å². The Morgan fingerprint density at radius 2 is 1.85 bits per heavy atom. The molecule has 2 aromatic carbocycles. The average Bonchev–Trinajstić information content (AvgIpc) is 2.66. The van der Waals surface area contributed by atoms with Crippen LogP contribution in [-0.2, 0) is 14.3 Å². The highest BCUT2D eigenvalue weighted by molar-refractivity contribution is 6.10. The van der Waals surface area contributed by atoms with Gasteiger partial charge in [0.1, 0.15) is 12.3 Å². The molecule has 0 atom stereocenters. The Bertz CT molecular complexity index is 832. The van der Waals surface area contributed by atoms with Gasteiger partial charge in [0.05, 0.1) is 23.5 Å². The molecule has 0 radical (unpaired) electrons. The number of nitrogens with zero attached hydrogens (tertiary/aromatic N) is 1. The molecule has 0 saturated carbocycles. The van der Waals surface area contributed by atoms with Crippen molar-refractivity contribution in [3.05, 3.63) is 54.1 Å². The zero-order valence-electron chi connectivity index (χ0n) is 14.2. The molecule has 1 aliphatic heterocycles. The Hall–Kier alpha value is -3.35. The van der Waals surface area contributed by atoms with Gasteiger partial charge in [-0.15, -0.1) is 0 Å². The Morgan fingerprint density at radius 1 is 1.12 bits per heavy atom. The van der Waals surface area contributed by atoms with E-state index in [-0.39, 0.29) is 12.5 Å². The summed E-state index contributed by atoms with van der Waals surface area (Å²) in [6.45, 7) is 1.83. The first-order valence-electron chi connectivity index (χ1n) is 8.17. The second-order valence-corrected chi connectivity index (χ2v) is 5.58. The summed E-state index contributed by atoms with van der Waals surface area (Å²) in [6, 6.07) is 13.4. The monoisotopic (exact) mass is 354 g/mol. The predicted molar refractivity (Wildman–Crippen MR) is 95.3 cm³/mol. The van der Waals surface area contributed by atoms with Crippen LogP contribution in [0.15, 0.2) is 48.5 Å². The molecule has 2 amide bonds. The molecule has 1 N–H and O–H groups in total. The fraction of sp³-hybridized carbons (Fsp3) is 0.211. The van der Waals surface area contributed by atoms with Crippen molar-refractivity contribution in [3.63, 3.8) is 0 Å². The lowest BCUT2D eigenvalue weighted by atomic mass is 10.2. The molecular weight excluding hydrogens is 336 g/mol. The Morgan fingerprint density at radius 3 is 2.58 bits per heavy atom. The molecule has 1 aliphatic rings. The number of hydrogen-bond acceptors (Lipinski definition) is 5. The number of nitrogens with one attached hydrogen (secondary N) is 1. The van der Waals surface area contributed by atoms with E-state index in [2.05, 4.69) is 5.32 Å². The van der Waals surface area contributed by atoms with Gasteiger partial charge in [-0.25, -0.2) is 4.79 Å². The van der Waals surface area contributed by atoms with Gasteiger partial charge in [0.2, 0.25) is 5.91 Å². The lowest BCUT2D eigenvalue weighted by Gasteiger charge is -2.28. The van der Waals surface area contributed by atoms with E-state index in [1.54, 1.807) is 48.5 Å². The van der Waals surface area contributed by atoms with E-state index < -0.39 is 18.5 Å². The second-order valence-electron chi connectivity index (χ2n) is 5.58. The summed E-state index contributed by atoms with van der Waals surface area (Å²) in [7, 11) is 0. The van der Waals surface area contributed by atoms with Gasteiger partial charge in [-0.05, 0) is 43.3 Å². The smallest absolute Gasteiger partial charge is 0.338 e. The van der Waals surface area contributed by atoms with Crippen molar-refractivity contribution in [1.29, 1.82) is 0 Å². The van der Waals surface area contributed by atoms with Crippen molar-refractivity contribution in [2.24, 2.45) is 0 Å². The van der Waals surface area contributed by atoms with E-state index in [1.807, 2.05) is 6.92 Å². The highest BCUT2D eigenvalue weighted by atomic mass is 16.5. The van der Waals surface area contributed by atoms with Crippen molar-refractivity contribution < 1.29 is 23.9 Å². The molecule has 26 heavy (non-hydrogen) atoms. The van der Waals surface area contributed by atoms with Crippen LogP contribution in [0.2, 0.25) is 0 Å². The first-order valence-corrected chi connectivity index (χ1v) is 8.17. The summed E-state index contributed by atoms with van der Waals surface area (Å²) < 4.78 is 10.4. The van der Waals surface area contributed by atoms with E-state index in [1.165, 1.54) is 4.90 Å². The van der Waals surface area contributed by atoms with Gasteiger partial charge >= 0.3 is 5.97 Å². The standard InChI is InChI=1S/C19H18N2O5/c1-2-25-14-9-7-13(8-10-14)19(24)26-12-18(23)21-11-17(22)20-15-5-3-4-6-16(15)21/h3-10H,2,11-12H2,1H3,(H,20,22). The summed E-state index contributed by atoms with van der Waals surface area (Å²) in [4.78, 5) is 37.6. The molecular formula is C19H18N2O5. The minimum absolute atomic E-state index is 0.115. The molecule has 0 fully saturated rings. The number of anilines is 2. The first-order chi connectivity index (χ1) is 12.6. The molecule has 7 nitrogen and oxygen atoms in total. The SMILES string of the molecule is CCOc1ccc(C(=O)OCC(=O)N2CC(=O)Nc3ccccc32)cc1. The van der Waals surface area contributed by atoms with Crippen LogP contribution in [-0.4, -0.2) is 37.5 Å². The third kappa shape index (κ3) is 3.83. The first kappa shape index (κ1) is 17.5. The van der Waals surface area contributed by atoms with Crippen LogP contribution in [0.4, 0.5) is 11.4 Å². The van der Waals surface area contributed by atoms with E-state index in [0.29, 0.717) is 29.3 Å². The molecule has 0 bridgehead atoms. The molecule has 2 aromatic rings. The molecule has 0 spiro atoms. The number of esters is 1. The normalized spacial score (nSPS) is 12.8. The van der Waals surface area contributed by atoms with Crippen LogP contribution < -0.4 is 15.0 Å². The van der Waals surface area contributed by atoms with Crippen LogP contribution in [0.5, 0.6) is 5.75 Å². The third-order valence-electron chi connectivity index (χ3n) is 3.80. The van der Waals surface area contributed by atoms with Gasteiger partial charge in [0.25, 0.3) is 5.91 Å². The minimum atomic E-state index is -0.615. The topological polar surface area (TPSA) is 84.9 Å². The van der Waals surface area contributed by atoms with Crippen LogP contribution in [0.1, 0.15) is 17.3 Å². The quantitative estimate of drug-likeness (QED) is 0.833. The number of benzene rings is 2. The van der Waals surface area contributed by atoms with Crippen LogP contribution in [0.25, 0.3) is 0 Å². The van der Waals surface area contributed by atoms with Crippen molar-refractivity contribution in [2.45, 2.75) is 6.92 Å². The number of para-hydroxylation sites is 2. The van der Waals surface area contributed by atoms with Crippen LogP contribution >= 0.6 is 0 Å². The number of amides is 2. The van der Waals surface area contributed by atoms with Crippen LogP contribution in [0.3, 0.4) is 0 Å². The summed E-state index contributed by atoms with van der Waals surface area (Å²) in [5, 5.41) is 2.70. The molecule has 0 aliphatic carbocycles. The van der Waals surface area contributed by atoms with E-state index in [9.17, 15) is 14.4 Å². The highest BCUT2D eigenvalue weighted by Gasteiger charge is 2.27. The molecule has 3 rings (SSSR count). The van der Waals surface area contributed by atoms with E-state index in [0.717, 1.165) is 0 Å². The maximum Gasteiger partial charge on any atom is 0.338 e. The summed E-state index contributed by atoms with van der Waals surface area (Å²) in [6.07, 6.45) is 0. The van der Waals surface area contributed by atoms with E-state index >= 15 is 0 Å². The highest BCUT2D eigenvalue weighted by Crippen LogP contribution is 2.28. The molecule has 0 aromatic heterocycles. The van der Waals surface area contributed by atoms with Gasteiger partial charge < -0.3 is 14.8 Å². The summed E-state index contributed by atoms with van der Waals surface area (Å²) in [5.41, 5.74) is 1.45. The Kier molecular flexibility index (Phi) is 5.17. The van der Waals surface area contributed by atoms with Crippen molar-refractivity contribution >= 4 is 29.2 Å². The Balaban J connectivity index is 1.63. The zero-order valence-corrected chi connectivity index (χ0v) is 14.2. The van der Waals surface area contributed by atoms with E-state index in [4.69, 9.17) is 9.47 Å². The molecule has 134 valence electrons. The zero-order chi connectivity index (χ0) is 18.5.